The molecular formula is C27H22N2O5. The number of ether oxygens (including phenoxy) is 2. The summed E-state index contributed by atoms with van der Waals surface area (Å²) in [6.07, 6.45) is 0. The zero-order chi connectivity index (χ0) is 24.4. The number of nitrogens with zero attached hydrogens (tertiary/aromatic N) is 2. The third kappa shape index (κ3) is 3.76. The number of hydrogen-bond donors (Lipinski definition) is 1. The van der Waals surface area contributed by atoms with Crippen LogP contribution < -0.4 is 14.4 Å². The Morgan fingerprint density at radius 3 is 2.32 bits per heavy atom. The van der Waals surface area contributed by atoms with Crippen molar-refractivity contribution in [1.29, 1.82) is 5.26 Å². The van der Waals surface area contributed by atoms with E-state index in [1.807, 2.05) is 37.3 Å². The summed E-state index contributed by atoms with van der Waals surface area (Å²) < 4.78 is 10.7. The molecule has 1 aliphatic rings. The van der Waals surface area contributed by atoms with Crippen molar-refractivity contribution in [3.63, 3.8) is 0 Å². The van der Waals surface area contributed by atoms with E-state index in [1.165, 1.54) is 19.1 Å². The van der Waals surface area contributed by atoms with Crippen molar-refractivity contribution in [2.24, 2.45) is 0 Å². The molecule has 7 nitrogen and oxygen atoms in total. The Balaban J connectivity index is 1.99. The average molecular weight is 454 g/mol. The van der Waals surface area contributed by atoms with E-state index in [4.69, 9.17) is 14.7 Å². The largest absolute Gasteiger partial charge is 0.507 e. The molecule has 7 heteroatoms. The van der Waals surface area contributed by atoms with Crippen LogP contribution in [0.5, 0.6) is 11.5 Å². The van der Waals surface area contributed by atoms with Gasteiger partial charge in [0.15, 0.2) is 0 Å². The standard InChI is InChI=1S/C27H22N2O5/c1-16-6-4-5-7-20(16)24-23(25(30)21-14-19(33-2)12-13-22(21)34-3)26(31)27(32)29(24)18-10-8-17(15-28)9-11-18/h4-14,24,30H,1-3H3/b25-23+. The van der Waals surface area contributed by atoms with Gasteiger partial charge in [-0.15, -0.1) is 0 Å². The molecular weight excluding hydrogens is 432 g/mol. The van der Waals surface area contributed by atoms with Gasteiger partial charge in [-0.05, 0) is 60.5 Å². The number of carbonyl (C=O) groups excluding carboxylic acids is 2. The Labute approximate surface area is 197 Å². The van der Waals surface area contributed by atoms with Crippen molar-refractivity contribution < 1.29 is 24.2 Å². The molecule has 0 saturated carbocycles. The zero-order valence-electron chi connectivity index (χ0n) is 18.9. The smallest absolute Gasteiger partial charge is 0.300 e. The second-order valence-corrected chi connectivity index (χ2v) is 7.75. The first kappa shape index (κ1) is 22.6. The SMILES string of the molecule is COc1ccc(OC)c(/C(O)=C2\C(=O)C(=O)N(c3ccc(C#N)cc3)C2c2ccccc2C)c1. The minimum atomic E-state index is -0.884. The highest BCUT2D eigenvalue weighted by Crippen LogP contribution is 2.44. The van der Waals surface area contributed by atoms with Crippen LogP contribution in [0.1, 0.15) is 28.3 Å². The number of aliphatic hydroxyl groups excluding tert-OH is 1. The van der Waals surface area contributed by atoms with E-state index in [0.29, 0.717) is 28.3 Å². The molecule has 170 valence electrons. The van der Waals surface area contributed by atoms with Crippen LogP contribution in [0.2, 0.25) is 0 Å². The molecule has 0 aromatic heterocycles. The number of nitriles is 1. The minimum absolute atomic E-state index is 0.0600. The Hall–Kier alpha value is -4.57. The second kappa shape index (κ2) is 9.12. The first-order valence-electron chi connectivity index (χ1n) is 10.5. The van der Waals surface area contributed by atoms with E-state index in [-0.39, 0.29) is 16.9 Å². The number of aryl methyl sites for hydroxylation is 1. The van der Waals surface area contributed by atoms with Crippen molar-refractivity contribution in [3.8, 4) is 17.6 Å². The van der Waals surface area contributed by atoms with Crippen LogP contribution in [0.15, 0.2) is 72.3 Å². The quantitative estimate of drug-likeness (QED) is 0.346. The maximum absolute atomic E-state index is 13.3. The van der Waals surface area contributed by atoms with Crippen LogP contribution in [0.3, 0.4) is 0 Å². The summed E-state index contributed by atoms with van der Waals surface area (Å²) in [4.78, 5) is 28.0. The van der Waals surface area contributed by atoms with Gasteiger partial charge in [0.25, 0.3) is 11.7 Å². The highest BCUT2D eigenvalue weighted by Gasteiger charge is 2.47. The molecule has 0 bridgehead atoms. The van der Waals surface area contributed by atoms with Crippen LogP contribution in [0.4, 0.5) is 5.69 Å². The number of Topliss-reactive ketones (excluding diaryl/α,β-unsaturated/α-hetero) is 1. The van der Waals surface area contributed by atoms with Gasteiger partial charge in [-0.2, -0.15) is 5.26 Å². The number of methoxy groups -OCH3 is 2. The number of amides is 1. The molecule has 1 aliphatic heterocycles. The number of benzene rings is 3. The van der Waals surface area contributed by atoms with E-state index in [9.17, 15) is 14.7 Å². The van der Waals surface area contributed by atoms with Gasteiger partial charge in [0, 0.05) is 5.69 Å². The first-order valence-corrected chi connectivity index (χ1v) is 10.5. The Morgan fingerprint density at radius 2 is 1.71 bits per heavy atom. The lowest BCUT2D eigenvalue weighted by Crippen LogP contribution is -2.29. The summed E-state index contributed by atoms with van der Waals surface area (Å²) in [6.45, 7) is 1.88. The van der Waals surface area contributed by atoms with Crippen molar-refractivity contribution >= 4 is 23.1 Å². The fourth-order valence-electron chi connectivity index (χ4n) is 4.13. The third-order valence-electron chi connectivity index (χ3n) is 5.86. The van der Waals surface area contributed by atoms with Crippen molar-refractivity contribution in [2.75, 3.05) is 19.1 Å². The molecule has 1 N–H and O–H groups in total. The molecule has 3 aromatic rings. The number of carbonyl (C=O) groups is 2. The first-order chi connectivity index (χ1) is 16.4. The predicted molar refractivity (Wildman–Crippen MR) is 127 cm³/mol. The summed E-state index contributed by atoms with van der Waals surface area (Å²) in [5, 5.41) is 20.6. The highest BCUT2D eigenvalue weighted by atomic mass is 16.5. The molecule has 34 heavy (non-hydrogen) atoms. The second-order valence-electron chi connectivity index (χ2n) is 7.75. The van der Waals surface area contributed by atoms with Crippen LogP contribution in [0, 0.1) is 18.3 Å². The number of rotatable bonds is 5. The molecule has 1 amide bonds. The molecule has 3 aromatic carbocycles. The van der Waals surface area contributed by atoms with Crippen LogP contribution in [-0.2, 0) is 9.59 Å². The van der Waals surface area contributed by atoms with Gasteiger partial charge in [0.05, 0.1) is 43.0 Å². The summed E-state index contributed by atoms with van der Waals surface area (Å²) in [6, 6.07) is 19.7. The van der Waals surface area contributed by atoms with Gasteiger partial charge in [0.2, 0.25) is 0 Å². The van der Waals surface area contributed by atoms with Gasteiger partial charge in [0.1, 0.15) is 17.3 Å². The molecule has 4 rings (SSSR count). The summed E-state index contributed by atoms with van der Waals surface area (Å²) in [5.41, 5.74) is 2.57. The van der Waals surface area contributed by atoms with E-state index in [0.717, 1.165) is 5.56 Å². The monoisotopic (exact) mass is 454 g/mol. The van der Waals surface area contributed by atoms with Gasteiger partial charge in [-0.1, -0.05) is 24.3 Å². The normalized spacial score (nSPS) is 16.9. The zero-order valence-corrected chi connectivity index (χ0v) is 18.9. The third-order valence-corrected chi connectivity index (χ3v) is 5.86. The van der Waals surface area contributed by atoms with Crippen molar-refractivity contribution in [2.45, 2.75) is 13.0 Å². The summed E-state index contributed by atoms with van der Waals surface area (Å²) in [5.74, 6) is -1.18. The Kier molecular flexibility index (Phi) is 6.07. The molecule has 0 radical (unpaired) electrons. The fraction of sp³-hybridized carbons (Fsp3) is 0.148. The molecule has 1 heterocycles. The van der Waals surface area contributed by atoms with Crippen LogP contribution in [0.25, 0.3) is 5.76 Å². The minimum Gasteiger partial charge on any atom is -0.507 e. The van der Waals surface area contributed by atoms with Gasteiger partial charge >= 0.3 is 0 Å². The lowest BCUT2D eigenvalue weighted by Gasteiger charge is -2.26. The van der Waals surface area contributed by atoms with E-state index < -0.39 is 17.7 Å². The van der Waals surface area contributed by atoms with Crippen LogP contribution in [-0.4, -0.2) is 31.0 Å². The maximum Gasteiger partial charge on any atom is 0.300 e. The summed E-state index contributed by atoms with van der Waals surface area (Å²) >= 11 is 0. The topological polar surface area (TPSA) is 99.9 Å². The van der Waals surface area contributed by atoms with Crippen LogP contribution >= 0.6 is 0 Å². The van der Waals surface area contributed by atoms with Gasteiger partial charge < -0.3 is 14.6 Å². The van der Waals surface area contributed by atoms with E-state index >= 15 is 0 Å². The lowest BCUT2D eigenvalue weighted by atomic mass is 9.92. The number of anilines is 1. The van der Waals surface area contributed by atoms with Crippen molar-refractivity contribution in [1.82, 2.24) is 0 Å². The number of ketones is 1. The molecule has 1 atom stereocenters. The fourth-order valence-corrected chi connectivity index (χ4v) is 4.13. The number of aliphatic hydroxyl groups is 1. The molecule has 1 fully saturated rings. The molecule has 1 unspecified atom stereocenters. The average Bonchev–Trinajstić information content (AvgIpc) is 3.13. The molecule has 0 spiro atoms. The van der Waals surface area contributed by atoms with Gasteiger partial charge in [-0.3, -0.25) is 14.5 Å². The van der Waals surface area contributed by atoms with E-state index in [1.54, 1.807) is 42.5 Å². The molecule has 1 saturated heterocycles. The Morgan fingerprint density at radius 1 is 1.00 bits per heavy atom. The lowest BCUT2D eigenvalue weighted by molar-refractivity contribution is -0.132. The van der Waals surface area contributed by atoms with Crippen molar-refractivity contribution in [3.05, 3.63) is 94.6 Å². The highest BCUT2D eigenvalue weighted by molar-refractivity contribution is 6.51. The van der Waals surface area contributed by atoms with Gasteiger partial charge in [-0.25, -0.2) is 0 Å². The number of hydrogen-bond acceptors (Lipinski definition) is 6. The van der Waals surface area contributed by atoms with E-state index in [2.05, 4.69) is 0 Å². The Bertz CT molecular complexity index is 1350. The maximum atomic E-state index is 13.3. The predicted octanol–water partition coefficient (Wildman–Crippen LogP) is 4.51. The molecule has 0 aliphatic carbocycles. The summed E-state index contributed by atoms with van der Waals surface area (Å²) in [7, 11) is 2.94.